The van der Waals surface area contributed by atoms with Crippen LogP contribution in [-0.4, -0.2) is 21.7 Å². The predicted molar refractivity (Wildman–Crippen MR) is 88.3 cm³/mol. The average molecular weight is 328 g/mol. The van der Waals surface area contributed by atoms with E-state index in [2.05, 4.69) is 21.4 Å². The zero-order valence-electron chi connectivity index (χ0n) is 13.3. The molecular weight excluding hydrogens is 310 g/mol. The molecule has 1 fully saturated rings. The molecule has 0 saturated carbocycles. The summed E-state index contributed by atoms with van der Waals surface area (Å²) < 4.78 is 6.99. The molecule has 8 heteroatoms. The lowest BCUT2D eigenvalue weighted by atomic mass is 9.96. The molecule has 2 aliphatic rings. The largest absolute Gasteiger partial charge is 0.354 e. The monoisotopic (exact) mass is 328 g/mol. The quantitative estimate of drug-likeness (QED) is 0.519. The van der Waals surface area contributed by atoms with E-state index in [4.69, 9.17) is 10.3 Å². The molecule has 1 aliphatic heterocycles. The molecule has 0 amide bonds. The Hall–Kier alpha value is -2.57. The molecule has 3 atom stereocenters. The third kappa shape index (κ3) is 3.20. The van der Waals surface area contributed by atoms with Gasteiger partial charge in [-0.1, -0.05) is 28.9 Å². The van der Waals surface area contributed by atoms with Gasteiger partial charge < -0.3 is 9.72 Å². The lowest BCUT2D eigenvalue weighted by Crippen LogP contribution is -2.39. The first-order valence-electron chi connectivity index (χ1n) is 7.79. The molecule has 8 nitrogen and oxygen atoms in total. The van der Waals surface area contributed by atoms with Gasteiger partial charge >= 0.3 is 5.69 Å². The van der Waals surface area contributed by atoms with Gasteiger partial charge in [-0.25, -0.2) is 9.36 Å². The van der Waals surface area contributed by atoms with E-state index in [1.165, 1.54) is 6.20 Å². The number of rotatable bonds is 4. The van der Waals surface area contributed by atoms with Crippen molar-refractivity contribution in [1.29, 1.82) is 0 Å². The summed E-state index contributed by atoms with van der Waals surface area (Å²) >= 11 is 0. The first-order valence-corrected chi connectivity index (χ1v) is 7.79. The molecule has 24 heavy (non-hydrogen) atoms. The van der Waals surface area contributed by atoms with E-state index in [9.17, 15) is 9.59 Å². The Morgan fingerprint density at radius 3 is 3.04 bits per heavy atom. The Balaban J connectivity index is 1.88. The Morgan fingerprint density at radius 1 is 1.50 bits per heavy atom. The summed E-state index contributed by atoms with van der Waals surface area (Å²) in [6, 6.07) is -0.424. The minimum atomic E-state index is -0.735. The van der Waals surface area contributed by atoms with E-state index in [0.717, 1.165) is 16.6 Å². The highest BCUT2D eigenvalue weighted by Crippen LogP contribution is 2.34. The summed E-state index contributed by atoms with van der Waals surface area (Å²) in [6.45, 7) is 1.63. The van der Waals surface area contributed by atoms with Gasteiger partial charge in [-0.05, 0) is 31.7 Å². The fourth-order valence-corrected chi connectivity index (χ4v) is 3.03. The summed E-state index contributed by atoms with van der Waals surface area (Å²) in [4.78, 5) is 29.7. The van der Waals surface area contributed by atoms with E-state index in [1.54, 1.807) is 6.92 Å². The summed E-state index contributed by atoms with van der Waals surface area (Å²) in [5, 5.41) is 3.80. The minimum absolute atomic E-state index is 0.296. The van der Waals surface area contributed by atoms with E-state index in [1.807, 2.05) is 18.2 Å². The Morgan fingerprint density at radius 2 is 2.33 bits per heavy atom. The second kappa shape index (κ2) is 6.90. The number of aromatic nitrogens is 2. The molecule has 1 aromatic heterocycles. The number of H-pyrrole nitrogens is 1. The number of aryl methyl sites for hydroxylation is 1. The van der Waals surface area contributed by atoms with Gasteiger partial charge in [0.25, 0.3) is 5.56 Å². The number of ether oxygens (including phenoxy) is 1. The molecular formula is C16H18N5O3. The van der Waals surface area contributed by atoms with Crippen LogP contribution in [0.25, 0.3) is 10.4 Å². The van der Waals surface area contributed by atoms with Gasteiger partial charge in [0.2, 0.25) is 0 Å². The lowest BCUT2D eigenvalue weighted by molar-refractivity contribution is -0.00395. The van der Waals surface area contributed by atoms with Crippen molar-refractivity contribution in [3.8, 4) is 0 Å². The summed E-state index contributed by atoms with van der Waals surface area (Å²) in [7, 11) is 0. The molecule has 1 aromatic rings. The fourth-order valence-electron chi connectivity index (χ4n) is 3.03. The number of aromatic amines is 1. The Labute approximate surface area is 138 Å². The van der Waals surface area contributed by atoms with Crippen molar-refractivity contribution >= 4 is 0 Å². The van der Waals surface area contributed by atoms with E-state index in [0.29, 0.717) is 18.4 Å². The molecule has 2 heterocycles. The molecule has 3 rings (SSSR count). The Bertz CT molecular complexity index is 844. The van der Waals surface area contributed by atoms with Crippen molar-refractivity contribution in [2.24, 2.45) is 5.11 Å². The normalized spacial score (nSPS) is 26.0. The number of hydrogen-bond acceptors (Lipinski definition) is 4. The number of nitrogens with one attached hydrogen (secondary N) is 1. The lowest BCUT2D eigenvalue weighted by Gasteiger charge is -2.18. The molecule has 0 bridgehead atoms. The standard InChI is InChI=1S/C16H18N5O3/c1-10-9-18-16(23)21(15(10)22)14-8-12(19-20-17)13(24-14)7-11-5-3-2-4-6-11/h2-3,5-6,9,12-14H,4,7-8H2,1H3,(H,18,23)/t12-,13-,14-/m0/s1. The molecule has 0 spiro atoms. The maximum atomic E-state index is 12.3. The van der Waals surface area contributed by atoms with Crippen LogP contribution >= 0.6 is 0 Å². The minimum Gasteiger partial charge on any atom is -0.354 e. The van der Waals surface area contributed by atoms with Crippen molar-refractivity contribution in [3.05, 3.63) is 73.3 Å². The van der Waals surface area contributed by atoms with Gasteiger partial charge in [0.15, 0.2) is 0 Å². The average Bonchev–Trinajstić information content (AvgIpc) is 2.95. The van der Waals surface area contributed by atoms with Crippen molar-refractivity contribution in [2.75, 3.05) is 0 Å². The van der Waals surface area contributed by atoms with Gasteiger partial charge in [-0.15, -0.1) is 0 Å². The van der Waals surface area contributed by atoms with E-state index < -0.39 is 23.5 Å². The van der Waals surface area contributed by atoms with E-state index in [-0.39, 0.29) is 6.10 Å². The SMILES string of the molecule is Cc1c[nH]c(=O)n([C@@H]2C[C@H](N=[N+]=[N-])[C@H](CC3=CC=CC[CH]3)O2)c1=O. The van der Waals surface area contributed by atoms with Crippen LogP contribution in [0, 0.1) is 13.3 Å². The highest BCUT2D eigenvalue weighted by atomic mass is 16.5. The molecule has 0 aromatic carbocycles. The van der Waals surface area contributed by atoms with Crippen molar-refractivity contribution in [3.63, 3.8) is 0 Å². The third-order valence-electron chi connectivity index (χ3n) is 4.28. The molecule has 125 valence electrons. The molecule has 1 radical (unpaired) electrons. The molecule has 1 saturated heterocycles. The van der Waals surface area contributed by atoms with Crippen LogP contribution in [-0.2, 0) is 4.74 Å². The van der Waals surface area contributed by atoms with E-state index >= 15 is 0 Å². The van der Waals surface area contributed by atoms with Crippen LogP contribution in [0.4, 0.5) is 0 Å². The number of azide groups is 1. The van der Waals surface area contributed by atoms with Crippen LogP contribution in [0.3, 0.4) is 0 Å². The predicted octanol–water partition coefficient (Wildman–Crippen LogP) is 2.29. The fraction of sp³-hybridized carbons (Fsp3) is 0.438. The van der Waals surface area contributed by atoms with Crippen LogP contribution in [0.1, 0.15) is 31.1 Å². The number of allylic oxidation sites excluding steroid dienone is 3. The smallest absolute Gasteiger partial charge is 0.330 e. The number of hydrogen-bond donors (Lipinski definition) is 1. The van der Waals surface area contributed by atoms with Crippen molar-refractivity contribution in [2.45, 2.75) is 44.6 Å². The third-order valence-corrected chi connectivity index (χ3v) is 4.28. The first-order chi connectivity index (χ1) is 11.6. The highest BCUT2D eigenvalue weighted by Gasteiger charge is 2.37. The summed E-state index contributed by atoms with van der Waals surface area (Å²) in [5.41, 5.74) is 9.39. The van der Waals surface area contributed by atoms with Crippen molar-refractivity contribution in [1.82, 2.24) is 9.55 Å². The topological polar surface area (TPSA) is 113 Å². The zero-order valence-corrected chi connectivity index (χ0v) is 13.3. The van der Waals surface area contributed by atoms with Gasteiger partial charge in [0.05, 0.1) is 12.1 Å². The second-order valence-electron chi connectivity index (χ2n) is 5.90. The van der Waals surface area contributed by atoms with Crippen LogP contribution in [0.15, 0.2) is 44.7 Å². The van der Waals surface area contributed by atoms with Gasteiger partial charge in [-0.2, -0.15) is 0 Å². The number of nitrogens with zero attached hydrogens (tertiary/aromatic N) is 4. The van der Waals surface area contributed by atoms with Gasteiger partial charge in [-0.3, -0.25) is 4.79 Å². The van der Waals surface area contributed by atoms with Crippen LogP contribution in [0.2, 0.25) is 0 Å². The molecule has 1 N–H and O–H groups in total. The van der Waals surface area contributed by atoms with Gasteiger partial charge in [0.1, 0.15) is 6.23 Å². The second-order valence-corrected chi connectivity index (χ2v) is 5.90. The zero-order chi connectivity index (χ0) is 17.1. The summed E-state index contributed by atoms with van der Waals surface area (Å²) in [5.74, 6) is 0. The first kappa shape index (κ1) is 16.3. The summed E-state index contributed by atoms with van der Waals surface area (Å²) in [6.07, 6.45) is 10.1. The van der Waals surface area contributed by atoms with Crippen molar-refractivity contribution < 1.29 is 4.74 Å². The Kier molecular flexibility index (Phi) is 4.69. The molecule has 1 aliphatic carbocycles. The maximum absolute atomic E-state index is 12.3. The highest BCUT2D eigenvalue weighted by molar-refractivity contribution is 5.27. The van der Waals surface area contributed by atoms with Crippen LogP contribution < -0.4 is 11.2 Å². The molecule has 0 unspecified atom stereocenters. The maximum Gasteiger partial charge on any atom is 0.330 e. The van der Waals surface area contributed by atoms with Gasteiger partial charge in [0, 0.05) is 23.1 Å². The van der Waals surface area contributed by atoms with Crippen LogP contribution in [0.5, 0.6) is 0 Å².